The average molecular weight is 262 g/mol. The second-order valence-electron chi connectivity index (χ2n) is 3.78. The van der Waals surface area contributed by atoms with Gasteiger partial charge in [0.1, 0.15) is 18.1 Å². The maximum Gasteiger partial charge on any atom is 0.372 e. The van der Waals surface area contributed by atoms with Crippen molar-refractivity contribution in [1.29, 1.82) is 0 Å². The molecule has 0 spiro atoms. The molecule has 2 rings (SSSR count). The van der Waals surface area contributed by atoms with Crippen LogP contribution in [0.4, 0.5) is 0 Å². The van der Waals surface area contributed by atoms with Crippen LogP contribution in [-0.2, 0) is 6.61 Å². The van der Waals surface area contributed by atoms with Crippen LogP contribution in [0.1, 0.15) is 23.0 Å². The molecule has 0 saturated carbocycles. The van der Waals surface area contributed by atoms with Gasteiger partial charge in [0.2, 0.25) is 5.76 Å². The van der Waals surface area contributed by atoms with E-state index < -0.39 is 5.97 Å². The van der Waals surface area contributed by atoms with E-state index in [1.807, 2.05) is 19.1 Å². The lowest BCUT2D eigenvalue weighted by Gasteiger charge is -2.08. The molecule has 0 fully saturated rings. The van der Waals surface area contributed by atoms with Crippen LogP contribution >= 0.6 is 0 Å². The first-order valence-corrected chi connectivity index (χ1v) is 5.86. The fourth-order valence-electron chi connectivity index (χ4n) is 1.62. The number of ether oxygens (including phenoxy) is 2. The number of hydrogen-bond donors (Lipinski definition) is 1. The van der Waals surface area contributed by atoms with Gasteiger partial charge in [-0.3, -0.25) is 0 Å². The van der Waals surface area contributed by atoms with E-state index in [2.05, 4.69) is 0 Å². The third kappa shape index (κ3) is 3.28. The Balaban J connectivity index is 2.04. The molecule has 19 heavy (non-hydrogen) atoms. The van der Waals surface area contributed by atoms with E-state index >= 15 is 0 Å². The summed E-state index contributed by atoms with van der Waals surface area (Å²) in [5.74, 6) is 0.127. The van der Waals surface area contributed by atoms with E-state index in [1.165, 1.54) is 6.26 Å². The van der Waals surface area contributed by atoms with E-state index in [-0.39, 0.29) is 12.4 Å². The van der Waals surface area contributed by atoms with Crippen LogP contribution in [0, 0.1) is 0 Å². The zero-order valence-electron chi connectivity index (χ0n) is 10.5. The molecule has 0 bridgehead atoms. The Labute approximate surface area is 110 Å². The van der Waals surface area contributed by atoms with E-state index in [9.17, 15) is 4.79 Å². The third-order valence-electron chi connectivity index (χ3n) is 2.45. The number of rotatable bonds is 6. The van der Waals surface area contributed by atoms with E-state index in [0.29, 0.717) is 23.7 Å². The summed E-state index contributed by atoms with van der Waals surface area (Å²) < 4.78 is 15.8. The highest BCUT2D eigenvalue weighted by Gasteiger charge is 2.14. The molecular formula is C14H14O5. The molecule has 0 unspecified atom stereocenters. The Hall–Kier alpha value is -2.43. The minimum Gasteiger partial charge on any atom is -0.494 e. The highest BCUT2D eigenvalue weighted by molar-refractivity contribution is 5.86. The minimum absolute atomic E-state index is 0.0963. The molecule has 0 radical (unpaired) electrons. The molecule has 1 aromatic carbocycles. The molecule has 1 N–H and O–H groups in total. The topological polar surface area (TPSA) is 68.9 Å². The highest BCUT2D eigenvalue weighted by Crippen LogP contribution is 2.21. The number of aromatic carboxylic acids is 1. The summed E-state index contributed by atoms with van der Waals surface area (Å²) in [5, 5.41) is 8.90. The Morgan fingerprint density at radius 1 is 1.26 bits per heavy atom. The summed E-state index contributed by atoms with van der Waals surface area (Å²) in [7, 11) is 0. The minimum atomic E-state index is -1.10. The van der Waals surface area contributed by atoms with Crippen molar-refractivity contribution >= 4 is 5.97 Å². The monoisotopic (exact) mass is 262 g/mol. The largest absolute Gasteiger partial charge is 0.494 e. The second-order valence-corrected chi connectivity index (χ2v) is 3.78. The molecule has 1 aromatic heterocycles. The van der Waals surface area contributed by atoms with Gasteiger partial charge >= 0.3 is 5.97 Å². The molecule has 0 amide bonds. The van der Waals surface area contributed by atoms with Gasteiger partial charge in [-0.2, -0.15) is 0 Å². The van der Waals surface area contributed by atoms with Gasteiger partial charge < -0.3 is 19.0 Å². The van der Waals surface area contributed by atoms with Crippen molar-refractivity contribution in [1.82, 2.24) is 0 Å². The predicted molar refractivity (Wildman–Crippen MR) is 67.6 cm³/mol. The maximum absolute atomic E-state index is 10.9. The van der Waals surface area contributed by atoms with Crippen molar-refractivity contribution in [2.45, 2.75) is 13.5 Å². The molecule has 0 saturated heterocycles. The van der Waals surface area contributed by atoms with Gasteiger partial charge in [-0.05, 0) is 25.1 Å². The van der Waals surface area contributed by atoms with Gasteiger partial charge in [-0.25, -0.2) is 4.79 Å². The van der Waals surface area contributed by atoms with Crippen LogP contribution in [0.2, 0.25) is 0 Å². The first-order valence-electron chi connectivity index (χ1n) is 5.86. The van der Waals surface area contributed by atoms with E-state index in [1.54, 1.807) is 18.2 Å². The number of furan rings is 1. The van der Waals surface area contributed by atoms with Crippen molar-refractivity contribution in [2.75, 3.05) is 6.61 Å². The number of carboxylic acids is 1. The van der Waals surface area contributed by atoms with Gasteiger partial charge in [0, 0.05) is 11.6 Å². The molecule has 5 heteroatoms. The second kappa shape index (κ2) is 5.95. The lowest BCUT2D eigenvalue weighted by Crippen LogP contribution is -2.02. The number of carboxylic acid groups (broad SMARTS) is 1. The fourth-order valence-corrected chi connectivity index (χ4v) is 1.62. The van der Waals surface area contributed by atoms with Crippen LogP contribution in [0.3, 0.4) is 0 Å². The van der Waals surface area contributed by atoms with Crippen molar-refractivity contribution in [3.05, 3.63) is 47.9 Å². The van der Waals surface area contributed by atoms with Gasteiger partial charge in [0.05, 0.1) is 12.9 Å². The smallest absolute Gasteiger partial charge is 0.372 e. The molecule has 0 aliphatic heterocycles. The first kappa shape index (κ1) is 13.0. The highest BCUT2D eigenvalue weighted by atomic mass is 16.5. The molecule has 2 aromatic rings. The lowest BCUT2D eigenvalue weighted by atomic mass is 10.2. The molecule has 0 aliphatic carbocycles. The number of benzene rings is 1. The Morgan fingerprint density at radius 3 is 2.68 bits per heavy atom. The fraction of sp³-hybridized carbons (Fsp3) is 0.214. The molecule has 1 heterocycles. The van der Waals surface area contributed by atoms with Crippen molar-refractivity contribution in [2.24, 2.45) is 0 Å². The van der Waals surface area contributed by atoms with Gasteiger partial charge in [-0.1, -0.05) is 6.07 Å². The van der Waals surface area contributed by atoms with E-state index in [4.69, 9.17) is 19.0 Å². The summed E-state index contributed by atoms with van der Waals surface area (Å²) in [6.07, 6.45) is 1.33. The zero-order chi connectivity index (χ0) is 13.7. The molecule has 5 nitrogen and oxygen atoms in total. The summed E-state index contributed by atoms with van der Waals surface area (Å²) >= 11 is 0. The Bertz CT molecular complexity index is 558. The first-order chi connectivity index (χ1) is 9.20. The predicted octanol–water partition coefficient (Wildman–Crippen LogP) is 2.96. The zero-order valence-corrected chi connectivity index (χ0v) is 10.5. The van der Waals surface area contributed by atoms with Crippen LogP contribution in [0.15, 0.2) is 41.0 Å². The van der Waals surface area contributed by atoms with Crippen LogP contribution < -0.4 is 9.47 Å². The van der Waals surface area contributed by atoms with E-state index in [0.717, 1.165) is 0 Å². The average Bonchev–Trinajstić information content (AvgIpc) is 2.86. The standard InChI is InChI=1S/C14H14O5/c1-2-17-11-4-3-5-12(8-11)19-9-10-6-7-18-13(10)14(15)16/h3-8H,2,9H2,1H3,(H,15,16). The number of carbonyl (C=O) groups is 1. The summed E-state index contributed by atoms with van der Waals surface area (Å²) in [6.45, 7) is 2.61. The quantitative estimate of drug-likeness (QED) is 0.866. The van der Waals surface area contributed by atoms with Crippen LogP contribution in [0.25, 0.3) is 0 Å². The van der Waals surface area contributed by atoms with Crippen molar-refractivity contribution in [3.8, 4) is 11.5 Å². The SMILES string of the molecule is CCOc1cccc(OCc2ccoc2C(=O)O)c1. The van der Waals surface area contributed by atoms with Crippen molar-refractivity contribution < 1.29 is 23.8 Å². The molecule has 0 atom stereocenters. The van der Waals surface area contributed by atoms with Gasteiger partial charge in [0.25, 0.3) is 0 Å². The summed E-state index contributed by atoms with van der Waals surface area (Å²) in [4.78, 5) is 10.9. The van der Waals surface area contributed by atoms with Gasteiger partial charge in [0.15, 0.2) is 0 Å². The lowest BCUT2D eigenvalue weighted by molar-refractivity contribution is 0.0658. The molecule has 100 valence electrons. The normalized spacial score (nSPS) is 10.2. The molecular weight excluding hydrogens is 248 g/mol. The number of hydrogen-bond acceptors (Lipinski definition) is 4. The summed E-state index contributed by atoms with van der Waals surface area (Å²) in [6, 6.07) is 8.76. The van der Waals surface area contributed by atoms with Crippen LogP contribution in [0.5, 0.6) is 11.5 Å². The maximum atomic E-state index is 10.9. The van der Waals surface area contributed by atoms with Crippen molar-refractivity contribution in [3.63, 3.8) is 0 Å². The summed E-state index contributed by atoms with van der Waals surface area (Å²) in [5.41, 5.74) is 0.495. The Kier molecular flexibility index (Phi) is 4.07. The molecule has 0 aliphatic rings. The Morgan fingerprint density at radius 2 is 2.00 bits per heavy atom. The third-order valence-corrected chi connectivity index (χ3v) is 2.45. The van der Waals surface area contributed by atoms with Gasteiger partial charge in [-0.15, -0.1) is 0 Å². The van der Waals surface area contributed by atoms with Crippen LogP contribution in [-0.4, -0.2) is 17.7 Å².